The predicted molar refractivity (Wildman–Crippen MR) is 121 cm³/mol. The average molecular weight is 432 g/mol. The van der Waals surface area contributed by atoms with Gasteiger partial charge in [0, 0.05) is 19.4 Å². The fourth-order valence-corrected chi connectivity index (χ4v) is 7.37. The number of amides is 2. The van der Waals surface area contributed by atoms with E-state index in [4.69, 9.17) is 10.6 Å². The Labute approximate surface area is 187 Å². The van der Waals surface area contributed by atoms with Gasteiger partial charge in [0.2, 0.25) is 5.91 Å². The SMILES string of the molecule is C[C@@]12CCCC1C1CC=C3C[C@@H](OC(=O)NCCCCCC(=O)NN)CCC3C1CC2. The number of rotatable bonds is 7. The van der Waals surface area contributed by atoms with Crippen molar-refractivity contribution >= 4 is 12.0 Å². The van der Waals surface area contributed by atoms with Crippen molar-refractivity contribution in [3.63, 3.8) is 0 Å². The number of nitrogens with two attached hydrogens (primary N) is 1. The number of carbonyl (C=O) groups excluding carboxylic acids is 2. The van der Waals surface area contributed by atoms with Crippen LogP contribution in [0.15, 0.2) is 11.6 Å². The maximum Gasteiger partial charge on any atom is 0.407 e. The van der Waals surface area contributed by atoms with E-state index in [2.05, 4.69) is 23.7 Å². The zero-order chi connectivity index (χ0) is 21.8. The van der Waals surface area contributed by atoms with Crippen LogP contribution in [0.25, 0.3) is 0 Å². The quantitative estimate of drug-likeness (QED) is 0.181. The van der Waals surface area contributed by atoms with Crippen LogP contribution >= 0.6 is 0 Å². The second-order valence-corrected chi connectivity index (χ2v) is 10.8. The molecule has 2 amide bonds. The summed E-state index contributed by atoms with van der Waals surface area (Å²) in [7, 11) is 0. The molecule has 3 saturated carbocycles. The third kappa shape index (κ3) is 5.10. The van der Waals surface area contributed by atoms with Gasteiger partial charge in [-0.2, -0.15) is 0 Å². The topological polar surface area (TPSA) is 93.4 Å². The number of hydrogen-bond donors (Lipinski definition) is 3. The van der Waals surface area contributed by atoms with Crippen LogP contribution in [0.5, 0.6) is 0 Å². The van der Waals surface area contributed by atoms with Crippen molar-refractivity contribution in [1.29, 1.82) is 0 Å². The maximum atomic E-state index is 12.2. The zero-order valence-electron chi connectivity index (χ0n) is 19.2. The largest absolute Gasteiger partial charge is 0.446 e. The van der Waals surface area contributed by atoms with Gasteiger partial charge in [0.1, 0.15) is 6.10 Å². The molecule has 0 heterocycles. The zero-order valence-corrected chi connectivity index (χ0v) is 19.2. The van der Waals surface area contributed by atoms with Crippen LogP contribution in [-0.2, 0) is 9.53 Å². The van der Waals surface area contributed by atoms with Crippen LogP contribution in [0, 0.1) is 29.1 Å². The van der Waals surface area contributed by atoms with Gasteiger partial charge >= 0.3 is 6.09 Å². The molecular weight excluding hydrogens is 390 g/mol. The first kappa shape index (κ1) is 22.6. The van der Waals surface area contributed by atoms with Gasteiger partial charge in [-0.25, -0.2) is 10.6 Å². The highest BCUT2D eigenvalue weighted by Gasteiger charge is 2.52. The van der Waals surface area contributed by atoms with E-state index in [1.54, 1.807) is 5.57 Å². The lowest BCUT2D eigenvalue weighted by atomic mass is 9.53. The molecule has 31 heavy (non-hydrogen) atoms. The number of fused-ring (bicyclic) bond motifs is 5. The monoisotopic (exact) mass is 431 g/mol. The molecule has 0 aromatic rings. The molecule has 0 bridgehead atoms. The number of hydrogen-bond acceptors (Lipinski definition) is 4. The molecule has 6 atom stereocenters. The Bertz CT molecular complexity index is 693. The molecule has 4 aliphatic carbocycles. The maximum absolute atomic E-state index is 12.2. The molecule has 6 heteroatoms. The second-order valence-electron chi connectivity index (χ2n) is 10.8. The summed E-state index contributed by atoms with van der Waals surface area (Å²) in [6.07, 6.45) is 16.7. The van der Waals surface area contributed by atoms with Crippen LogP contribution < -0.4 is 16.6 Å². The van der Waals surface area contributed by atoms with Gasteiger partial charge in [-0.3, -0.25) is 10.2 Å². The van der Waals surface area contributed by atoms with E-state index in [9.17, 15) is 9.59 Å². The molecule has 4 N–H and O–H groups in total. The Balaban J connectivity index is 1.20. The molecule has 0 spiro atoms. The van der Waals surface area contributed by atoms with Gasteiger partial charge in [-0.15, -0.1) is 0 Å². The predicted octanol–water partition coefficient (Wildman–Crippen LogP) is 4.59. The number of unbranched alkanes of at least 4 members (excludes halogenated alkanes) is 2. The Hall–Kier alpha value is -1.56. The number of nitrogens with one attached hydrogen (secondary N) is 2. The fraction of sp³-hybridized carbons (Fsp3) is 0.840. The minimum absolute atomic E-state index is 0.0210. The lowest BCUT2D eigenvalue weighted by molar-refractivity contribution is -0.121. The third-order valence-electron chi connectivity index (χ3n) is 8.97. The van der Waals surface area contributed by atoms with Crippen LogP contribution in [0.1, 0.15) is 90.4 Å². The molecule has 4 aliphatic rings. The summed E-state index contributed by atoms with van der Waals surface area (Å²) >= 11 is 0. The second kappa shape index (κ2) is 9.93. The Kier molecular flexibility index (Phi) is 7.25. The van der Waals surface area contributed by atoms with Crippen molar-refractivity contribution in [3.05, 3.63) is 11.6 Å². The van der Waals surface area contributed by atoms with Gasteiger partial charge in [0.05, 0.1) is 0 Å². The van der Waals surface area contributed by atoms with Gasteiger partial charge in [0.15, 0.2) is 0 Å². The van der Waals surface area contributed by atoms with Crippen LogP contribution in [0.4, 0.5) is 4.79 Å². The van der Waals surface area contributed by atoms with Crippen molar-refractivity contribution in [3.8, 4) is 0 Å². The van der Waals surface area contributed by atoms with Gasteiger partial charge in [-0.1, -0.05) is 31.4 Å². The first-order valence-electron chi connectivity index (χ1n) is 12.6. The molecule has 0 aliphatic heterocycles. The van der Waals surface area contributed by atoms with E-state index in [-0.39, 0.29) is 18.1 Å². The summed E-state index contributed by atoms with van der Waals surface area (Å²) < 4.78 is 5.75. The summed E-state index contributed by atoms with van der Waals surface area (Å²) in [6, 6.07) is 0. The minimum atomic E-state index is -0.295. The Morgan fingerprint density at radius 2 is 2.00 bits per heavy atom. The fourth-order valence-electron chi connectivity index (χ4n) is 7.37. The lowest BCUT2D eigenvalue weighted by Crippen LogP contribution is -2.45. The molecule has 4 unspecified atom stereocenters. The number of hydrazine groups is 1. The van der Waals surface area contributed by atoms with Crippen LogP contribution in [0.3, 0.4) is 0 Å². The highest BCUT2D eigenvalue weighted by Crippen LogP contribution is 2.61. The average Bonchev–Trinajstić information content (AvgIpc) is 3.17. The first-order chi connectivity index (χ1) is 15.0. The van der Waals surface area contributed by atoms with E-state index in [1.807, 2.05) is 0 Å². The Morgan fingerprint density at radius 3 is 2.84 bits per heavy atom. The van der Waals surface area contributed by atoms with Crippen molar-refractivity contribution in [1.82, 2.24) is 10.7 Å². The normalized spacial score (nSPS) is 36.5. The van der Waals surface area contributed by atoms with Crippen molar-refractivity contribution < 1.29 is 14.3 Å². The summed E-state index contributed by atoms with van der Waals surface area (Å²) in [5.74, 6) is 8.36. The molecule has 0 aromatic carbocycles. The number of alkyl carbamates (subject to hydrolysis) is 1. The first-order valence-corrected chi connectivity index (χ1v) is 12.6. The molecular formula is C25H41N3O3. The van der Waals surface area contributed by atoms with Crippen LogP contribution in [0.2, 0.25) is 0 Å². The molecule has 0 radical (unpaired) electrons. The van der Waals surface area contributed by atoms with E-state index in [1.165, 1.54) is 44.9 Å². The molecule has 174 valence electrons. The van der Waals surface area contributed by atoms with Crippen molar-refractivity contribution in [2.45, 2.75) is 96.5 Å². The number of carbonyl (C=O) groups is 2. The lowest BCUT2D eigenvalue weighted by Gasteiger charge is -2.52. The van der Waals surface area contributed by atoms with Crippen molar-refractivity contribution in [2.24, 2.45) is 34.9 Å². The van der Waals surface area contributed by atoms with Gasteiger partial charge < -0.3 is 10.1 Å². The summed E-state index contributed by atoms with van der Waals surface area (Å²) in [5.41, 5.74) is 4.32. The summed E-state index contributed by atoms with van der Waals surface area (Å²) in [5, 5.41) is 2.87. The molecule has 0 saturated heterocycles. The highest BCUT2D eigenvalue weighted by atomic mass is 16.6. The van der Waals surface area contributed by atoms with E-state index in [0.717, 1.165) is 55.8 Å². The molecule has 3 fully saturated rings. The standard InChI is InChI=1S/C25H41N3O3/c1-25-13-5-6-22(25)21-10-8-17-16-18(9-11-19(17)20(21)12-14-25)31-24(30)27-15-4-2-3-7-23(29)28-26/h8,18-22H,2-7,9-16,26H2,1H3,(H,27,30)(H,28,29)/t18-,19?,20?,21?,22?,25-/m0/s1. The Morgan fingerprint density at radius 1 is 1.13 bits per heavy atom. The molecule has 4 rings (SSSR count). The third-order valence-corrected chi connectivity index (χ3v) is 8.97. The van der Waals surface area contributed by atoms with Crippen LogP contribution in [-0.4, -0.2) is 24.6 Å². The van der Waals surface area contributed by atoms with Gasteiger partial charge in [-0.05, 0) is 86.9 Å². The van der Waals surface area contributed by atoms with Crippen molar-refractivity contribution in [2.75, 3.05) is 6.54 Å². The number of ether oxygens (including phenoxy) is 1. The molecule has 6 nitrogen and oxygen atoms in total. The van der Waals surface area contributed by atoms with E-state index >= 15 is 0 Å². The summed E-state index contributed by atoms with van der Waals surface area (Å²) in [4.78, 5) is 23.3. The minimum Gasteiger partial charge on any atom is -0.446 e. The van der Waals surface area contributed by atoms with E-state index in [0.29, 0.717) is 18.4 Å². The highest BCUT2D eigenvalue weighted by molar-refractivity contribution is 5.75. The summed E-state index contributed by atoms with van der Waals surface area (Å²) in [6.45, 7) is 3.14. The molecule has 0 aromatic heterocycles. The smallest absolute Gasteiger partial charge is 0.407 e. The van der Waals surface area contributed by atoms with Gasteiger partial charge in [0.25, 0.3) is 0 Å². The number of allylic oxidation sites excluding steroid dienone is 1. The van der Waals surface area contributed by atoms with E-state index < -0.39 is 0 Å².